The molecule has 13 rings (SSSR count). The molecule has 0 aliphatic rings. The van der Waals surface area contributed by atoms with Crippen molar-refractivity contribution in [2.75, 3.05) is 0 Å². The van der Waals surface area contributed by atoms with Crippen LogP contribution in [0.5, 0.6) is 0 Å². The molecule has 0 aliphatic carbocycles. The second-order valence-electron chi connectivity index (χ2n) is 16.6. The van der Waals surface area contributed by atoms with Crippen molar-refractivity contribution in [2.24, 2.45) is 0 Å². The molecule has 0 amide bonds. The van der Waals surface area contributed by atoms with Crippen LogP contribution in [0, 0.1) is 0 Å². The maximum atomic E-state index is 5.37. The summed E-state index contributed by atoms with van der Waals surface area (Å²) in [6, 6.07) is 82.7. The Kier molecular flexibility index (Phi) is 8.18. The molecular weight excluding hydrogens is 777 g/mol. The van der Waals surface area contributed by atoms with Crippen LogP contribution >= 0.6 is 0 Å². The van der Waals surface area contributed by atoms with E-state index in [4.69, 9.17) is 9.97 Å². The Morgan fingerprint density at radius 3 is 1.56 bits per heavy atom. The van der Waals surface area contributed by atoms with Crippen LogP contribution in [0.3, 0.4) is 0 Å². The van der Waals surface area contributed by atoms with Crippen molar-refractivity contribution in [2.45, 2.75) is 0 Å². The summed E-state index contributed by atoms with van der Waals surface area (Å²) in [7, 11) is 0. The van der Waals surface area contributed by atoms with E-state index in [0.717, 1.165) is 50.0 Å². The SMILES string of the molecule is c1ccc(-c2ccc(-c3nc(-c4ccc(-n5c6ccccc6c6ccc(-c7ccc8c(c7)c7ccccc7n8-c7ccccc7)cc65)cc4)nc4ccc5ccccc5c34)cc2)cc1. The summed E-state index contributed by atoms with van der Waals surface area (Å²) in [4.78, 5) is 10.6. The van der Waals surface area contributed by atoms with E-state index in [1.54, 1.807) is 0 Å². The smallest absolute Gasteiger partial charge is 0.160 e. The lowest BCUT2D eigenvalue weighted by atomic mass is 9.98. The third-order valence-corrected chi connectivity index (χ3v) is 12.9. The summed E-state index contributed by atoms with van der Waals surface area (Å²) < 4.78 is 4.76. The fourth-order valence-corrected chi connectivity index (χ4v) is 9.89. The highest BCUT2D eigenvalue weighted by Gasteiger charge is 2.18. The van der Waals surface area contributed by atoms with Gasteiger partial charge in [-0.3, -0.25) is 0 Å². The zero-order chi connectivity index (χ0) is 42.1. The molecule has 0 radical (unpaired) electrons. The van der Waals surface area contributed by atoms with Gasteiger partial charge in [0.05, 0.1) is 33.3 Å². The van der Waals surface area contributed by atoms with Gasteiger partial charge in [0.2, 0.25) is 0 Å². The molecule has 3 aromatic heterocycles. The first-order valence-electron chi connectivity index (χ1n) is 21.8. The molecule has 0 aliphatic heterocycles. The molecule has 0 unspecified atom stereocenters. The first kappa shape index (κ1) is 36.1. The lowest BCUT2D eigenvalue weighted by Gasteiger charge is -2.13. The van der Waals surface area contributed by atoms with Gasteiger partial charge in [0.1, 0.15) is 0 Å². The van der Waals surface area contributed by atoms with Crippen molar-refractivity contribution in [1.82, 2.24) is 19.1 Å². The molecule has 0 atom stereocenters. The summed E-state index contributed by atoms with van der Waals surface area (Å²) in [5.41, 5.74) is 15.6. The molecule has 0 saturated carbocycles. The Bertz CT molecular complexity index is 3920. The van der Waals surface area contributed by atoms with Crippen LogP contribution in [-0.2, 0) is 0 Å². The molecule has 0 fully saturated rings. The Morgan fingerprint density at radius 2 is 0.797 bits per heavy atom. The van der Waals surface area contributed by atoms with Gasteiger partial charge in [-0.2, -0.15) is 0 Å². The van der Waals surface area contributed by atoms with E-state index in [1.807, 2.05) is 0 Å². The molecule has 0 N–H and O–H groups in total. The molecule has 0 spiro atoms. The number of aromatic nitrogens is 4. The molecule has 298 valence electrons. The normalized spacial score (nSPS) is 11.8. The van der Waals surface area contributed by atoms with E-state index in [0.29, 0.717) is 5.82 Å². The van der Waals surface area contributed by atoms with Crippen LogP contribution in [-0.4, -0.2) is 19.1 Å². The highest BCUT2D eigenvalue weighted by molar-refractivity contribution is 6.14. The zero-order valence-electron chi connectivity index (χ0n) is 34.7. The standard InChI is InChI=1S/C60H38N4/c1-3-13-39(14-4-1)40-23-25-42(26-24-40)59-58-48-18-8-7-15-41(48)30-35-53(58)61-60(62-59)43-27-32-47(33-28-43)64-54-21-11-9-19-49(54)51-34-29-45(38-57(51)64)44-31-36-56-52(37-44)50-20-10-12-22-55(50)63(56)46-16-5-2-6-17-46/h1-38H. The van der Waals surface area contributed by atoms with E-state index in [9.17, 15) is 0 Å². The highest BCUT2D eigenvalue weighted by atomic mass is 15.0. The van der Waals surface area contributed by atoms with Gasteiger partial charge in [-0.15, -0.1) is 0 Å². The van der Waals surface area contributed by atoms with Gasteiger partial charge < -0.3 is 9.13 Å². The second-order valence-corrected chi connectivity index (χ2v) is 16.6. The molecule has 4 heteroatoms. The second kappa shape index (κ2) is 14.5. The van der Waals surface area contributed by atoms with Crippen LogP contribution in [0.2, 0.25) is 0 Å². The largest absolute Gasteiger partial charge is 0.309 e. The number of para-hydroxylation sites is 3. The van der Waals surface area contributed by atoms with E-state index in [1.165, 1.54) is 65.7 Å². The van der Waals surface area contributed by atoms with Crippen LogP contribution in [0.25, 0.3) is 122 Å². The van der Waals surface area contributed by atoms with E-state index in [-0.39, 0.29) is 0 Å². The Morgan fingerprint density at radius 1 is 0.281 bits per heavy atom. The third-order valence-electron chi connectivity index (χ3n) is 12.9. The van der Waals surface area contributed by atoms with Crippen molar-refractivity contribution in [3.8, 4) is 56.3 Å². The summed E-state index contributed by atoms with van der Waals surface area (Å²) in [6.45, 7) is 0. The van der Waals surface area contributed by atoms with Crippen molar-refractivity contribution in [1.29, 1.82) is 0 Å². The third kappa shape index (κ3) is 5.77. The summed E-state index contributed by atoms with van der Waals surface area (Å²) >= 11 is 0. The first-order valence-corrected chi connectivity index (χ1v) is 21.8. The minimum Gasteiger partial charge on any atom is -0.309 e. The number of benzene rings is 10. The molecule has 3 heterocycles. The van der Waals surface area contributed by atoms with Gasteiger partial charge in [-0.1, -0.05) is 158 Å². The molecule has 0 saturated heterocycles. The van der Waals surface area contributed by atoms with Gasteiger partial charge >= 0.3 is 0 Å². The highest BCUT2D eigenvalue weighted by Crippen LogP contribution is 2.40. The topological polar surface area (TPSA) is 35.6 Å². The van der Waals surface area contributed by atoms with Gasteiger partial charge in [0, 0.05) is 49.4 Å². The summed E-state index contributed by atoms with van der Waals surface area (Å²) in [5, 5.41) is 8.31. The maximum absolute atomic E-state index is 5.37. The van der Waals surface area contributed by atoms with Gasteiger partial charge in [0.25, 0.3) is 0 Å². The Labute approximate surface area is 369 Å². The summed E-state index contributed by atoms with van der Waals surface area (Å²) in [5.74, 6) is 0.699. The van der Waals surface area contributed by atoms with Crippen molar-refractivity contribution in [3.05, 3.63) is 231 Å². The maximum Gasteiger partial charge on any atom is 0.160 e. The van der Waals surface area contributed by atoms with Gasteiger partial charge in [-0.05, 0) is 106 Å². The van der Waals surface area contributed by atoms with Crippen LogP contribution in [0.15, 0.2) is 231 Å². The molecule has 4 nitrogen and oxygen atoms in total. The van der Waals surface area contributed by atoms with Gasteiger partial charge in [-0.25, -0.2) is 9.97 Å². The minimum atomic E-state index is 0.699. The van der Waals surface area contributed by atoms with Crippen LogP contribution in [0.4, 0.5) is 0 Å². The minimum absolute atomic E-state index is 0.699. The Hall–Kier alpha value is -8.60. The molecule has 10 aromatic carbocycles. The average Bonchev–Trinajstić information content (AvgIpc) is 3.89. The van der Waals surface area contributed by atoms with Crippen molar-refractivity contribution >= 4 is 65.3 Å². The average molecular weight is 815 g/mol. The molecule has 13 aromatic rings. The monoisotopic (exact) mass is 814 g/mol. The molecular formula is C60H38N4. The fraction of sp³-hybridized carbons (Fsp3) is 0. The Balaban J connectivity index is 0.927. The first-order chi connectivity index (χ1) is 31.7. The van der Waals surface area contributed by atoms with E-state index < -0.39 is 0 Å². The summed E-state index contributed by atoms with van der Waals surface area (Å²) in [6.07, 6.45) is 0. The van der Waals surface area contributed by atoms with Crippen LogP contribution in [0.1, 0.15) is 0 Å². The lowest BCUT2D eigenvalue weighted by molar-refractivity contribution is 1.17. The number of hydrogen-bond acceptors (Lipinski definition) is 2. The fourth-order valence-electron chi connectivity index (χ4n) is 9.89. The van der Waals surface area contributed by atoms with E-state index >= 15 is 0 Å². The molecule has 64 heavy (non-hydrogen) atoms. The molecule has 0 bridgehead atoms. The van der Waals surface area contributed by atoms with Crippen LogP contribution < -0.4 is 0 Å². The predicted molar refractivity (Wildman–Crippen MR) is 267 cm³/mol. The number of hydrogen-bond donors (Lipinski definition) is 0. The van der Waals surface area contributed by atoms with Crippen molar-refractivity contribution < 1.29 is 0 Å². The quantitative estimate of drug-likeness (QED) is 0.157. The zero-order valence-corrected chi connectivity index (χ0v) is 34.7. The number of nitrogens with zero attached hydrogens (tertiary/aromatic N) is 4. The number of rotatable bonds is 6. The van der Waals surface area contributed by atoms with Gasteiger partial charge in [0.15, 0.2) is 5.82 Å². The van der Waals surface area contributed by atoms with Crippen molar-refractivity contribution in [3.63, 3.8) is 0 Å². The number of fused-ring (bicyclic) bond motifs is 9. The van der Waals surface area contributed by atoms with E-state index in [2.05, 4.69) is 240 Å². The lowest BCUT2D eigenvalue weighted by Crippen LogP contribution is -1.97. The predicted octanol–water partition coefficient (Wildman–Crippen LogP) is 15.6.